The molecule has 0 aliphatic carbocycles. The van der Waals surface area contributed by atoms with Gasteiger partial charge in [-0.15, -0.1) is 0 Å². The maximum absolute atomic E-state index is 13.6. The van der Waals surface area contributed by atoms with E-state index in [0.717, 1.165) is 81.5 Å². The highest BCUT2D eigenvalue weighted by atomic mass is 16.6. The van der Waals surface area contributed by atoms with Crippen LogP contribution in [0.25, 0.3) is 44.2 Å². The van der Waals surface area contributed by atoms with Crippen molar-refractivity contribution in [2.75, 3.05) is 20.2 Å². The summed E-state index contributed by atoms with van der Waals surface area (Å²) in [5, 5.41) is 4.91. The molecule has 52 heavy (non-hydrogen) atoms. The van der Waals surface area contributed by atoms with E-state index < -0.39 is 17.7 Å². The Morgan fingerprint density at radius 1 is 0.846 bits per heavy atom. The fraction of sp³-hybridized carbons (Fsp3) is 0.425. The number of imidazole rings is 2. The second kappa shape index (κ2) is 14.0. The Balaban J connectivity index is 1.08. The van der Waals surface area contributed by atoms with Crippen molar-refractivity contribution in [3.8, 4) is 22.4 Å². The number of methoxy groups -OCH3 is 1. The number of fused-ring (bicyclic) bond motifs is 2. The van der Waals surface area contributed by atoms with E-state index in [1.54, 1.807) is 4.90 Å². The highest BCUT2D eigenvalue weighted by Crippen LogP contribution is 2.36. The minimum absolute atomic E-state index is 0.0975. The molecule has 3 atom stereocenters. The first-order valence-corrected chi connectivity index (χ1v) is 18.1. The number of rotatable bonds is 7. The smallest absolute Gasteiger partial charge is 0.410 e. The van der Waals surface area contributed by atoms with Crippen molar-refractivity contribution in [3.63, 3.8) is 0 Å². The van der Waals surface area contributed by atoms with Crippen LogP contribution >= 0.6 is 0 Å². The van der Waals surface area contributed by atoms with Crippen LogP contribution in [-0.4, -0.2) is 79.7 Å². The summed E-state index contributed by atoms with van der Waals surface area (Å²) in [4.78, 5) is 58.6. The standard InChI is InChI=1S/C40H47N7O5/c1-23(2)34(45-38(49)51-6)37(48)46-17-7-9-32(46)35-41-22-31(44-35)28-14-13-24-19-25(11-12-26(24)20-28)27-15-16-29-30(21-27)43-36(42-29)33-10-8-18-47(33)39(50)52-40(3,4)5/h11-16,19-23,32-34H,7-10,17-18H2,1-6H3,(H,41,44)(H,42,43)(H,45,49). The first-order valence-electron chi connectivity index (χ1n) is 18.1. The van der Waals surface area contributed by atoms with Crippen molar-refractivity contribution in [3.05, 3.63) is 72.4 Å². The Morgan fingerprint density at radius 3 is 2.17 bits per heavy atom. The van der Waals surface area contributed by atoms with Crippen molar-refractivity contribution >= 4 is 39.9 Å². The monoisotopic (exact) mass is 705 g/mol. The van der Waals surface area contributed by atoms with Gasteiger partial charge in [0.25, 0.3) is 0 Å². The van der Waals surface area contributed by atoms with Crippen LogP contribution in [0.3, 0.4) is 0 Å². The number of nitrogens with one attached hydrogen (secondary N) is 3. The van der Waals surface area contributed by atoms with Crippen molar-refractivity contribution in [2.24, 2.45) is 5.92 Å². The van der Waals surface area contributed by atoms with Gasteiger partial charge in [0.05, 0.1) is 42.1 Å². The second-order valence-electron chi connectivity index (χ2n) is 15.2. The number of hydrogen-bond donors (Lipinski definition) is 3. The lowest BCUT2D eigenvalue weighted by Gasteiger charge is -2.30. The molecule has 0 bridgehead atoms. The Hall–Kier alpha value is -5.39. The van der Waals surface area contributed by atoms with Gasteiger partial charge in [-0.1, -0.05) is 44.2 Å². The van der Waals surface area contributed by atoms with Gasteiger partial charge in [0.15, 0.2) is 0 Å². The quantitative estimate of drug-likeness (QED) is 0.156. The third-order valence-electron chi connectivity index (χ3n) is 10.0. The van der Waals surface area contributed by atoms with Gasteiger partial charge >= 0.3 is 12.2 Å². The number of ether oxygens (including phenoxy) is 2. The third kappa shape index (κ3) is 7.06. The lowest BCUT2D eigenvalue weighted by molar-refractivity contribution is -0.135. The lowest BCUT2D eigenvalue weighted by atomic mass is 9.99. The summed E-state index contributed by atoms with van der Waals surface area (Å²) in [7, 11) is 1.30. The van der Waals surface area contributed by atoms with Crippen LogP contribution in [0.15, 0.2) is 60.8 Å². The number of aromatic nitrogens is 4. The van der Waals surface area contributed by atoms with Crippen molar-refractivity contribution in [2.45, 2.75) is 84.0 Å². The van der Waals surface area contributed by atoms with E-state index in [9.17, 15) is 14.4 Å². The van der Waals surface area contributed by atoms with Gasteiger partial charge in [-0.2, -0.15) is 0 Å². The fourth-order valence-corrected chi connectivity index (χ4v) is 7.40. The molecule has 3 amide bonds. The van der Waals surface area contributed by atoms with Crippen LogP contribution in [0.2, 0.25) is 0 Å². The molecular weight excluding hydrogens is 658 g/mol. The van der Waals surface area contributed by atoms with Crippen LogP contribution < -0.4 is 5.32 Å². The number of hydrogen-bond acceptors (Lipinski definition) is 7. The molecule has 3 aromatic carbocycles. The number of carbonyl (C=O) groups is 3. The Labute approximate surface area is 303 Å². The van der Waals surface area contributed by atoms with Crippen LogP contribution in [0.5, 0.6) is 0 Å². The Bertz CT molecular complexity index is 2130. The zero-order chi connectivity index (χ0) is 36.7. The summed E-state index contributed by atoms with van der Waals surface area (Å²) in [6, 6.07) is 18.0. The van der Waals surface area contributed by atoms with Gasteiger partial charge in [0, 0.05) is 18.7 Å². The summed E-state index contributed by atoms with van der Waals surface area (Å²) in [6.45, 7) is 10.7. The van der Waals surface area contributed by atoms with Crippen LogP contribution in [-0.2, 0) is 14.3 Å². The van der Waals surface area contributed by atoms with Gasteiger partial charge in [-0.05, 0) is 98.5 Å². The molecule has 272 valence electrons. The van der Waals surface area contributed by atoms with Gasteiger partial charge in [-0.25, -0.2) is 19.6 Å². The topological polar surface area (TPSA) is 146 Å². The summed E-state index contributed by atoms with van der Waals surface area (Å²) in [6.07, 6.45) is 4.30. The number of benzene rings is 3. The SMILES string of the molecule is COC(=O)NC(C(=O)N1CCCC1c1ncc(-c2ccc3cc(-c4ccc5nc(C6CCCN6C(=O)OC(C)(C)C)[nH]c5c4)ccc3c2)[nH]1)C(C)C. The minimum atomic E-state index is -0.680. The number of amides is 3. The first kappa shape index (κ1) is 35.0. The lowest BCUT2D eigenvalue weighted by Crippen LogP contribution is -2.51. The maximum Gasteiger partial charge on any atom is 0.410 e. The number of likely N-dealkylation sites (tertiary alicyclic amines) is 2. The molecule has 12 heteroatoms. The molecule has 7 rings (SSSR count). The largest absolute Gasteiger partial charge is 0.453 e. The van der Waals surface area contributed by atoms with E-state index >= 15 is 0 Å². The predicted molar refractivity (Wildman–Crippen MR) is 199 cm³/mol. The van der Waals surface area contributed by atoms with Gasteiger partial charge < -0.3 is 29.7 Å². The van der Waals surface area contributed by atoms with Crippen molar-refractivity contribution in [1.82, 2.24) is 35.1 Å². The van der Waals surface area contributed by atoms with Gasteiger partial charge in [0.1, 0.15) is 23.3 Å². The first-order chi connectivity index (χ1) is 24.9. The molecular formula is C40H47N7O5. The number of nitrogens with zero attached hydrogens (tertiary/aromatic N) is 4. The molecule has 4 heterocycles. The van der Waals surface area contributed by atoms with E-state index in [-0.39, 0.29) is 30.0 Å². The number of alkyl carbamates (subject to hydrolysis) is 1. The van der Waals surface area contributed by atoms with Crippen LogP contribution in [0.4, 0.5) is 9.59 Å². The molecule has 2 aromatic heterocycles. The molecule has 2 saturated heterocycles. The maximum atomic E-state index is 13.6. The van der Waals surface area contributed by atoms with E-state index in [0.29, 0.717) is 13.1 Å². The molecule has 5 aromatic rings. The molecule has 2 fully saturated rings. The second-order valence-corrected chi connectivity index (χ2v) is 15.2. The third-order valence-corrected chi connectivity index (χ3v) is 10.0. The average molecular weight is 706 g/mol. The molecule has 0 saturated carbocycles. The van der Waals surface area contributed by atoms with E-state index in [1.807, 2.05) is 51.8 Å². The zero-order valence-electron chi connectivity index (χ0n) is 30.7. The number of carbonyl (C=O) groups excluding carboxylic acids is 3. The van der Waals surface area contributed by atoms with Gasteiger partial charge in [-0.3, -0.25) is 9.69 Å². The number of H-pyrrole nitrogens is 2. The Morgan fingerprint density at radius 2 is 1.48 bits per heavy atom. The van der Waals surface area contributed by atoms with Gasteiger partial charge in [0.2, 0.25) is 5.91 Å². The summed E-state index contributed by atoms with van der Waals surface area (Å²) in [5.74, 6) is 1.29. The molecule has 2 aliphatic heterocycles. The molecule has 0 radical (unpaired) electrons. The Kier molecular flexibility index (Phi) is 9.41. The van der Waals surface area contributed by atoms with Crippen molar-refractivity contribution in [1.29, 1.82) is 0 Å². The zero-order valence-corrected chi connectivity index (χ0v) is 30.7. The molecule has 12 nitrogen and oxygen atoms in total. The van der Waals surface area contributed by atoms with E-state index in [4.69, 9.17) is 19.4 Å². The van der Waals surface area contributed by atoms with E-state index in [1.165, 1.54) is 7.11 Å². The molecule has 3 unspecified atom stereocenters. The summed E-state index contributed by atoms with van der Waals surface area (Å²) in [5.41, 5.74) is 5.27. The average Bonchev–Trinajstić information content (AvgIpc) is 3.94. The highest BCUT2D eigenvalue weighted by Gasteiger charge is 2.38. The normalized spacial score (nSPS) is 18.4. The highest BCUT2D eigenvalue weighted by molar-refractivity contribution is 5.92. The molecule has 2 aliphatic rings. The minimum Gasteiger partial charge on any atom is -0.453 e. The van der Waals surface area contributed by atoms with Crippen LogP contribution in [0, 0.1) is 5.92 Å². The molecule has 3 N–H and O–H groups in total. The van der Waals surface area contributed by atoms with Crippen molar-refractivity contribution < 1.29 is 23.9 Å². The number of aromatic amines is 2. The fourth-order valence-electron chi connectivity index (χ4n) is 7.40. The van der Waals surface area contributed by atoms with E-state index in [2.05, 4.69) is 63.8 Å². The summed E-state index contributed by atoms with van der Waals surface area (Å²) >= 11 is 0. The molecule has 0 spiro atoms. The summed E-state index contributed by atoms with van der Waals surface area (Å²) < 4.78 is 10.4. The predicted octanol–water partition coefficient (Wildman–Crippen LogP) is 7.89. The van der Waals surface area contributed by atoms with Crippen LogP contribution in [0.1, 0.15) is 84.0 Å².